The molecule has 1 unspecified atom stereocenters. The molecule has 0 saturated carbocycles. The summed E-state index contributed by atoms with van der Waals surface area (Å²) >= 11 is 1.42. The molecule has 9 heteroatoms. The Balaban J connectivity index is 1.27. The Labute approximate surface area is 206 Å². The average molecular weight is 492 g/mol. The van der Waals surface area contributed by atoms with Crippen LogP contribution in [0, 0.1) is 5.95 Å². The van der Waals surface area contributed by atoms with E-state index in [1.54, 1.807) is 29.0 Å². The number of carbonyl (C=O) groups is 1. The van der Waals surface area contributed by atoms with Gasteiger partial charge in [-0.05, 0) is 66.8 Å². The van der Waals surface area contributed by atoms with Gasteiger partial charge in [-0.1, -0.05) is 12.1 Å². The molecule has 1 fully saturated rings. The number of carbonyl (C=O) groups excluding carboxylic acids is 1. The minimum Gasteiger partial charge on any atom is -0.396 e. The van der Waals surface area contributed by atoms with Crippen molar-refractivity contribution in [2.45, 2.75) is 31.8 Å². The van der Waals surface area contributed by atoms with Crippen LogP contribution in [0.15, 0.2) is 66.3 Å². The van der Waals surface area contributed by atoms with Crippen molar-refractivity contribution in [3.63, 3.8) is 0 Å². The SMILES string of the molecule is O=C(Nc1nc(C2CCCN2c2ccc(CCO)cc2)cs1)c1cccn1Cc1ccnc(F)c1. The number of benzene rings is 1. The van der Waals surface area contributed by atoms with Crippen LogP contribution in [0.2, 0.25) is 0 Å². The summed E-state index contributed by atoms with van der Waals surface area (Å²) in [7, 11) is 0. The molecule has 1 aliphatic rings. The summed E-state index contributed by atoms with van der Waals surface area (Å²) in [6.07, 6.45) is 5.94. The summed E-state index contributed by atoms with van der Waals surface area (Å²) in [6, 6.07) is 15.1. The Bertz CT molecular complexity index is 1300. The fraction of sp³-hybridized carbons (Fsp3) is 0.269. The molecule has 1 atom stereocenters. The minimum absolute atomic E-state index is 0.145. The third-order valence-electron chi connectivity index (χ3n) is 6.21. The predicted octanol–water partition coefficient (Wildman–Crippen LogP) is 4.66. The summed E-state index contributed by atoms with van der Waals surface area (Å²) in [5.74, 6) is -0.800. The van der Waals surface area contributed by atoms with Gasteiger partial charge in [-0.3, -0.25) is 10.1 Å². The van der Waals surface area contributed by atoms with Crippen LogP contribution < -0.4 is 10.2 Å². The van der Waals surface area contributed by atoms with Crippen LogP contribution in [0.3, 0.4) is 0 Å². The first kappa shape index (κ1) is 23.2. The van der Waals surface area contributed by atoms with Gasteiger partial charge in [-0.25, -0.2) is 9.97 Å². The average Bonchev–Trinajstić information content (AvgIpc) is 3.61. The molecular formula is C26H26FN5O2S. The van der Waals surface area contributed by atoms with Crippen LogP contribution in [0.5, 0.6) is 0 Å². The third kappa shape index (κ3) is 5.26. The zero-order chi connectivity index (χ0) is 24.2. The fourth-order valence-electron chi connectivity index (χ4n) is 4.52. The van der Waals surface area contributed by atoms with Crippen molar-refractivity contribution in [3.8, 4) is 0 Å². The van der Waals surface area contributed by atoms with E-state index in [2.05, 4.69) is 39.5 Å². The maximum Gasteiger partial charge on any atom is 0.274 e. The number of hydrogen-bond acceptors (Lipinski definition) is 6. The van der Waals surface area contributed by atoms with Gasteiger partial charge in [0.25, 0.3) is 5.91 Å². The van der Waals surface area contributed by atoms with Crippen molar-refractivity contribution in [1.29, 1.82) is 0 Å². The monoisotopic (exact) mass is 491 g/mol. The minimum atomic E-state index is -0.543. The second kappa shape index (κ2) is 10.4. The van der Waals surface area contributed by atoms with Crippen molar-refractivity contribution < 1.29 is 14.3 Å². The summed E-state index contributed by atoms with van der Waals surface area (Å²) in [5.41, 5.74) is 4.40. The molecule has 0 aliphatic carbocycles. The summed E-state index contributed by atoms with van der Waals surface area (Å²) in [5, 5.41) is 14.6. The third-order valence-corrected chi connectivity index (χ3v) is 6.99. The highest BCUT2D eigenvalue weighted by molar-refractivity contribution is 7.14. The predicted molar refractivity (Wildman–Crippen MR) is 134 cm³/mol. The summed E-state index contributed by atoms with van der Waals surface area (Å²) < 4.78 is 15.2. The number of rotatable bonds is 8. The molecule has 7 nitrogen and oxygen atoms in total. The van der Waals surface area contributed by atoms with Crippen molar-refractivity contribution in [2.75, 3.05) is 23.4 Å². The van der Waals surface area contributed by atoms with E-state index in [0.717, 1.165) is 41.9 Å². The molecule has 1 aromatic carbocycles. The number of nitrogens with one attached hydrogen (secondary N) is 1. The number of anilines is 2. The van der Waals surface area contributed by atoms with Gasteiger partial charge in [0.2, 0.25) is 5.95 Å². The lowest BCUT2D eigenvalue weighted by Crippen LogP contribution is -2.23. The second-order valence-corrected chi connectivity index (χ2v) is 9.39. The molecular weight excluding hydrogens is 465 g/mol. The second-order valence-electron chi connectivity index (χ2n) is 8.53. The van der Waals surface area contributed by atoms with Gasteiger partial charge in [-0.2, -0.15) is 4.39 Å². The molecule has 180 valence electrons. The molecule has 0 bridgehead atoms. The van der Waals surface area contributed by atoms with Gasteiger partial charge in [0, 0.05) is 43.2 Å². The van der Waals surface area contributed by atoms with Crippen molar-refractivity contribution >= 4 is 28.1 Å². The Morgan fingerprint density at radius 3 is 2.86 bits per heavy atom. The largest absolute Gasteiger partial charge is 0.396 e. The van der Waals surface area contributed by atoms with Gasteiger partial charge < -0.3 is 14.6 Å². The van der Waals surface area contributed by atoms with Crippen LogP contribution in [-0.4, -0.2) is 38.7 Å². The van der Waals surface area contributed by atoms with Gasteiger partial charge >= 0.3 is 0 Å². The van der Waals surface area contributed by atoms with Gasteiger partial charge in [0.1, 0.15) is 5.69 Å². The molecule has 0 spiro atoms. The normalized spacial score (nSPS) is 15.5. The molecule has 3 aromatic heterocycles. The standard InChI is InChI=1S/C26H26FN5O2S/c27-24-15-19(9-11-28-24)16-31-12-1-4-23(31)25(34)30-26-29-21(17-35-26)22-3-2-13-32(22)20-7-5-18(6-8-20)10-14-33/h1,4-9,11-12,15,17,22,33H,2-3,10,13-14,16H2,(H,29,30,34). The van der Waals surface area contributed by atoms with E-state index in [1.165, 1.54) is 23.6 Å². The van der Waals surface area contributed by atoms with E-state index in [1.807, 2.05) is 5.38 Å². The Morgan fingerprint density at radius 1 is 1.20 bits per heavy atom. The molecule has 0 radical (unpaired) electrons. The van der Waals surface area contributed by atoms with Crippen LogP contribution in [0.1, 0.15) is 46.2 Å². The molecule has 1 saturated heterocycles. The zero-order valence-corrected chi connectivity index (χ0v) is 19.9. The van der Waals surface area contributed by atoms with E-state index < -0.39 is 5.95 Å². The van der Waals surface area contributed by atoms with E-state index in [4.69, 9.17) is 10.1 Å². The number of aromatic nitrogens is 3. The number of halogens is 1. The number of thiazole rings is 1. The lowest BCUT2D eigenvalue weighted by atomic mass is 10.1. The lowest BCUT2D eigenvalue weighted by Gasteiger charge is -2.25. The van der Waals surface area contributed by atoms with E-state index in [-0.39, 0.29) is 18.6 Å². The number of hydrogen-bond donors (Lipinski definition) is 2. The fourth-order valence-corrected chi connectivity index (χ4v) is 5.27. The number of amides is 1. The Morgan fingerprint density at radius 2 is 2.06 bits per heavy atom. The summed E-state index contributed by atoms with van der Waals surface area (Å²) in [4.78, 5) is 23.6. The number of aliphatic hydroxyl groups is 1. The highest BCUT2D eigenvalue weighted by atomic mass is 32.1. The molecule has 35 heavy (non-hydrogen) atoms. The molecule has 2 N–H and O–H groups in total. The van der Waals surface area contributed by atoms with Crippen LogP contribution in [0.25, 0.3) is 0 Å². The van der Waals surface area contributed by atoms with Gasteiger partial charge in [0.15, 0.2) is 5.13 Å². The maximum absolute atomic E-state index is 13.4. The van der Waals surface area contributed by atoms with Crippen molar-refractivity contribution in [3.05, 3.63) is 94.8 Å². The Hall–Kier alpha value is -3.56. The zero-order valence-electron chi connectivity index (χ0n) is 19.1. The number of aliphatic hydroxyl groups excluding tert-OH is 1. The summed E-state index contributed by atoms with van der Waals surface area (Å²) in [6.45, 7) is 1.46. The molecule has 1 amide bonds. The van der Waals surface area contributed by atoms with Gasteiger partial charge in [0.05, 0.1) is 11.7 Å². The molecule has 5 rings (SSSR count). The first-order chi connectivity index (χ1) is 17.1. The quantitative estimate of drug-likeness (QED) is 0.351. The topological polar surface area (TPSA) is 83.3 Å². The Kier molecular flexibility index (Phi) is 6.87. The highest BCUT2D eigenvalue weighted by Gasteiger charge is 2.28. The van der Waals surface area contributed by atoms with Crippen molar-refractivity contribution in [2.24, 2.45) is 0 Å². The lowest BCUT2D eigenvalue weighted by molar-refractivity contribution is 0.101. The number of pyridine rings is 1. The van der Waals surface area contributed by atoms with E-state index >= 15 is 0 Å². The molecule has 4 aromatic rings. The number of nitrogens with zero attached hydrogens (tertiary/aromatic N) is 4. The van der Waals surface area contributed by atoms with E-state index in [0.29, 0.717) is 23.8 Å². The first-order valence-electron chi connectivity index (χ1n) is 11.6. The van der Waals surface area contributed by atoms with Crippen LogP contribution >= 0.6 is 11.3 Å². The molecule has 4 heterocycles. The van der Waals surface area contributed by atoms with Gasteiger partial charge in [-0.15, -0.1) is 11.3 Å². The highest BCUT2D eigenvalue weighted by Crippen LogP contribution is 2.37. The molecule has 1 aliphatic heterocycles. The maximum atomic E-state index is 13.4. The van der Waals surface area contributed by atoms with Crippen molar-refractivity contribution in [1.82, 2.24) is 14.5 Å². The van der Waals surface area contributed by atoms with Crippen LogP contribution in [0.4, 0.5) is 15.2 Å². The van der Waals surface area contributed by atoms with E-state index in [9.17, 15) is 9.18 Å². The van der Waals surface area contributed by atoms with Crippen LogP contribution in [-0.2, 0) is 13.0 Å². The smallest absolute Gasteiger partial charge is 0.274 e. The first-order valence-corrected chi connectivity index (χ1v) is 12.5.